The Labute approximate surface area is 93.5 Å². The molecule has 3 heteroatoms. The standard InChI is InChI=1S/C11H15BrN2/c1-14(2)11-5-3-4-8-9(11)6-13-7-10(8)12/h6-7,11H,3-5H2,1-2H3. The molecule has 0 aromatic carbocycles. The molecule has 0 saturated heterocycles. The SMILES string of the molecule is CN(C)C1CCCc2c(Br)cncc21. The predicted molar refractivity (Wildman–Crippen MR) is 61.3 cm³/mol. The van der Waals surface area contributed by atoms with Crippen LogP contribution in [0.2, 0.25) is 0 Å². The van der Waals surface area contributed by atoms with Gasteiger partial charge in [0, 0.05) is 22.9 Å². The molecule has 0 N–H and O–H groups in total. The summed E-state index contributed by atoms with van der Waals surface area (Å²) in [7, 11) is 4.28. The monoisotopic (exact) mass is 254 g/mol. The summed E-state index contributed by atoms with van der Waals surface area (Å²) in [6.07, 6.45) is 7.63. The van der Waals surface area contributed by atoms with E-state index in [2.05, 4.69) is 39.9 Å². The van der Waals surface area contributed by atoms with E-state index in [9.17, 15) is 0 Å². The summed E-state index contributed by atoms with van der Waals surface area (Å²) in [6.45, 7) is 0. The molecule has 0 saturated carbocycles. The second-order valence-corrected chi connectivity index (χ2v) is 4.92. The van der Waals surface area contributed by atoms with E-state index in [4.69, 9.17) is 0 Å². The Morgan fingerprint density at radius 2 is 2.21 bits per heavy atom. The number of halogens is 1. The van der Waals surface area contributed by atoms with Gasteiger partial charge in [-0.1, -0.05) is 0 Å². The third kappa shape index (κ3) is 1.71. The summed E-state index contributed by atoms with van der Waals surface area (Å²) in [5.74, 6) is 0. The molecule has 76 valence electrons. The summed E-state index contributed by atoms with van der Waals surface area (Å²) < 4.78 is 1.17. The van der Waals surface area contributed by atoms with Crippen LogP contribution in [-0.4, -0.2) is 24.0 Å². The fourth-order valence-electron chi connectivity index (χ4n) is 2.19. The van der Waals surface area contributed by atoms with Crippen molar-refractivity contribution in [3.8, 4) is 0 Å². The lowest BCUT2D eigenvalue weighted by molar-refractivity contribution is 0.267. The van der Waals surface area contributed by atoms with Gasteiger partial charge in [-0.15, -0.1) is 0 Å². The lowest BCUT2D eigenvalue weighted by atomic mass is 9.88. The van der Waals surface area contributed by atoms with Crippen molar-refractivity contribution >= 4 is 15.9 Å². The molecule has 2 nitrogen and oxygen atoms in total. The first-order valence-electron chi connectivity index (χ1n) is 4.99. The molecule has 1 atom stereocenters. The van der Waals surface area contributed by atoms with E-state index >= 15 is 0 Å². The molecular weight excluding hydrogens is 240 g/mol. The smallest absolute Gasteiger partial charge is 0.0413 e. The second-order valence-electron chi connectivity index (χ2n) is 4.06. The lowest BCUT2D eigenvalue weighted by Crippen LogP contribution is -2.24. The first-order valence-corrected chi connectivity index (χ1v) is 5.78. The van der Waals surface area contributed by atoms with E-state index in [0.717, 1.165) is 0 Å². The molecule has 1 aliphatic carbocycles. The Morgan fingerprint density at radius 1 is 1.43 bits per heavy atom. The Morgan fingerprint density at radius 3 is 2.93 bits per heavy atom. The maximum atomic E-state index is 4.26. The molecule has 1 unspecified atom stereocenters. The van der Waals surface area contributed by atoms with Crippen molar-refractivity contribution in [2.75, 3.05) is 14.1 Å². The molecule has 0 amide bonds. The number of aromatic nitrogens is 1. The number of nitrogens with zero attached hydrogens (tertiary/aromatic N) is 2. The summed E-state index contributed by atoms with van der Waals surface area (Å²) in [4.78, 5) is 6.54. The third-order valence-corrected chi connectivity index (χ3v) is 3.61. The highest BCUT2D eigenvalue weighted by Crippen LogP contribution is 2.35. The third-order valence-electron chi connectivity index (χ3n) is 2.92. The van der Waals surface area contributed by atoms with Crippen molar-refractivity contribution in [1.82, 2.24) is 9.88 Å². The van der Waals surface area contributed by atoms with E-state index in [1.807, 2.05) is 12.4 Å². The van der Waals surface area contributed by atoms with Gasteiger partial charge in [-0.05, 0) is 60.4 Å². The Hall–Kier alpha value is -0.410. The molecule has 0 spiro atoms. The Balaban J connectivity index is 2.44. The van der Waals surface area contributed by atoms with Gasteiger partial charge < -0.3 is 4.90 Å². The lowest BCUT2D eigenvalue weighted by Gasteiger charge is -2.30. The first-order chi connectivity index (χ1) is 6.70. The minimum atomic E-state index is 0.545. The molecular formula is C11H15BrN2. The molecule has 1 aromatic heterocycles. The van der Waals surface area contributed by atoms with Gasteiger partial charge in [0.25, 0.3) is 0 Å². The van der Waals surface area contributed by atoms with Crippen molar-refractivity contribution in [2.24, 2.45) is 0 Å². The largest absolute Gasteiger partial charge is 0.302 e. The average molecular weight is 255 g/mol. The van der Waals surface area contributed by atoms with Crippen LogP contribution in [0, 0.1) is 0 Å². The Bertz CT molecular complexity index is 336. The molecule has 0 radical (unpaired) electrons. The minimum absolute atomic E-state index is 0.545. The number of hydrogen-bond donors (Lipinski definition) is 0. The topological polar surface area (TPSA) is 16.1 Å². The molecule has 0 fully saturated rings. The molecule has 0 bridgehead atoms. The summed E-state index contributed by atoms with van der Waals surface area (Å²) in [6, 6.07) is 0.545. The first kappa shape index (κ1) is 10.1. The Kier molecular flexibility index (Phi) is 2.88. The van der Waals surface area contributed by atoms with Crippen LogP contribution < -0.4 is 0 Å². The highest BCUT2D eigenvalue weighted by molar-refractivity contribution is 9.10. The van der Waals surface area contributed by atoms with Crippen LogP contribution in [0.15, 0.2) is 16.9 Å². The van der Waals surface area contributed by atoms with Crippen molar-refractivity contribution in [2.45, 2.75) is 25.3 Å². The van der Waals surface area contributed by atoms with Crippen LogP contribution in [-0.2, 0) is 6.42 Å². The molecule has 14 heavy (non-hydrogen) atoms. The van der Waals surface area contributed by atoms with Crippen molar-refractivity contribution < 1.29 is 0 Å². The molecule has 1 aliphatic rings. The van der Waals surface area contributed by atoms with Gasteiger partial charge in [-0.2, -0.15) is 0 Å². The maximum Gasteiger partial charge on any atom is 0.0413 e. The van der Waals surface area contributed by atoms with Crippen LogP contribution in [0.1, 0.15) is 30.0 Å². The van der Waals surface area contributed by atoms with Gasteiger partial charge >= 0.3 is 0 Å². The second kappa shape index (κ2) is 3.99. The maximum absolute atomic E-state index is 4.26. The van der Waals surface area contributed by atoms with Crippen LogP contribution in [0.4, 0.5) is 0 Å². The van der Waals surface area contributed by atoms with E-state index in [1.54, 1.807) is 0 Å². The molecule has 2 rings (SSSR count). The van der Waals surface area contributed by atoms with Gasteiger partial charge in [0.1, 0.15) is 0 Å². The van der Waals surface area contributed by atoms with Crippen molar-refractivity contribution in [3.05, 3.63) is 28.0 Å². The summed E-state index contributed by atoms with van der Waals surface area (Å²) >= 11 is 3.58. The zero-order chi connectivity index (χ0) is 10.1. The van der Waals surface area contributed by atoms with Crippen molar-refractivity contribution in [3.63, 3.8) is 0 Å². The number of pyridine rings is 1. The molecule has 1 heterocycles. The van der Waals surface area contributed by atoms with Gasteiger partial charge in [0.15, 0.2) is 0 Å². The zero-order valence-electron chi connectivity index (χ0n) is 8.63. The number of rotatable bonds is 1. The fourth-order valence-corrected chi connectivity index (χ4v) is 2.74. The normalized spacial score (nSPS) is 21.0. The van der Waals surface area contributed by atoms with E-state index in [0.29, 0.717) is 6.04 Å². The minimum Gasteiger partial charge on any atom is -0.302 e. The summed E-state index contributed by atoms with van der Waals surface area (Å²) in [5.41, 5.74) is 2.85. The molecule has 0 aliphatic heterocycles. The van der Waals surface area contributed by atoms with Gasteiger partial charge in [0.05, 0.1) is 0 Å². The number of hydrogen-bond acceptors (Lipinski definition) is 2. The van der Waals surface area contributed by atoms with Crippen LogP contribution >= 0.6 is 15.9 Å². The van der Waals surface area contributed by atoms with Gasteiger partial charge in [-0.25, -0.2) is 0 Å². The van der Waals surface area contributed by atoms with Crippen LogP contribution in [0.25, 0.3) is 0 Å². The van der Waals surface area contributed by atoms with E-state index < -0.39 is 0 Å². The van der Waals surface area contributed by atoms with E-state index in [-0.39, 0.29) is 0 Å². The fraction of sp³-hybridized carbons (Fsp3) is 0.545. The van der Waals surface area contributed by atoms with Gasteiger partial charge in [0.2, 0.25) is 0 Å². The predicted octanol–water partition coefficient (Wildman–Crippen LogP) is 2.78. The summed E-state index contributed by atoms with van der Waals surface area (Å²) in [5, 5.41) is 0. The van der Waals surface area contributed by atoms with Gasteiger partial charge in [-0.3, -0.25) is 4.98 Å². The quantitative estimate of drug-likeness (QED) is 0.767. The zero-order valence-corrected chi connectivity index (χ0v) is 10.2. The molecule has 1 aromatic rings. The highest BCUT2D eigenvalue weighted by atomic mass is 79.9. The van der Waals surface area contributed by atoms with Crippen LogP contribution in [0.5, 0.6) is 0 Å². The van der Waals surface area contributed by atoms with E-state index in [1.165, 1.54) is 34.9 Å². The number of fused-ring (bicyclic) bond motifs is 1. The highest BCUT2D eigenvalue weighted by Gasteiger charge is 2.23. The average Bonchev–Trinajstić information content (AvgIpc) is 2.17. The van der Waals surface area contributed by atoms with Crippen molar-refractivity contribution in [1.29, 1.82) is 0 Å². The van der Waals surface area contributed by atoms with Crippen LogP contribution in [0.3, 0.4) is 0 Å².